The average molecular weight is 442 g/mol. The maximum atomic E-state index is 12.7. The zero-order valence-electron chi connectivity index (χ0n) is 18.2. The highest BCUT2D eigenvalue weighted by atomic mass is 32.2. The van der Waals surface area contributed by atoms with Crippen LogP contribution < -0.4 is 10.1 Å². The van der Waals surface area contributed by atoms with Crippen molar-refractivity contribution in [1.29, 1.82) is 0 Å². The van der Waals surface area contributed by atoms with Gasteiger partial charge in [0, 0.05) is 11.8 Å². The molecule has 1 saturated carbocycles. The van der Waals surface area contributed by atoms with Gasteiger partial charge >= 0.3 is 0 Å². The van der Waals surface area contributed by atoms with E-state index < -0.39 is 9.84 Å². The van der Waals surface area contributed by atoms with E-state index in [2.05, 4.69) is 5.32 Å². The lowest BCUT2D eigenvalue weighted by molar-refractivity contribution is -0.111. The Balaban J connectivity index is 1.61. The number of carbonyl (C=O) groups is 1. The smallest absolute Gasteiger partial charge is 0.248 e. The molecule has 0 radical (unpaired) electrons. The lowest BCUT2D eigenvalue weighted by Crippen LogP contribution is -2.25. The third-order valence-corrected chi connectivity index (χ3v) is 7.50. The van der Waals surface area contributed by atoms with Crippen LogP contribution in [0.3, 0.4) is 0 Å². The van der Waals surface area contributed by atoms with E-state index in [1.807, 2.05) is 38.1 Å². The molecule has 31 heavy (non-hydrogen) atoms. The second kappa shape index (κ2) is 10.6. The number of anilines is 1. The fourth-order valence-electron chi connectivity index (χ4n) is 3.83. The van der Waals surface area contributed by atoms with Gasteiger partial charge in [0.05, 0.1) is 17.1 Å². The van der Waals surface area contributed by atoms with Crippen LogP contribution in [0, 0.1) is 0 Å². The summed E-state index contributed by atoms with van der Waals surface area (Å²) in [5.74, 6) is 0.492. The molecule has 2 aromatic rings. The second-order valence-electron chi connectivity index (χ2n) is 8.33. The van der Waals surface area contributed by atoms with Crippen LogP contribution in [0.5, 0.6) is 5.75 Å². The number of carbonyl (C=O) groups excluding carboxylic acids is 1. The Morgan fingerprint density at radius 1 is 1.10 bits per heavy atom. The van der Waals surface area contributed by atoms with Gasteiger partial charge in [-0.15, -0.1) is 0 Å². The predicted molar refractivity (Wildman–Crippen MR) is 126 cm³/mol. The van der Waals surface area contributed by atoms with Crippen molar-refractivity contribution < 1.29 is 17.9 Å². The number of ether oxygens (including phenoxy) is 1. The molecule has 0 spiro atoms. The average Bonchev–Trinajstić information content (AvgIpc) is 2.73. The Kier molecular flexibility index (Phi) is 7.91. The molecule has 1 amide bonds. The van der Waals surface area contributed by atoms with Crippen LogP contribution in [0.15, 0.2) is 54.6 Å². The summed E-state index contributed by atoms with van der Waals surface area (Å²) < 4.78 is 31.1. The van der Waals surface area contributed by atoms with Crippen LogP contribution in [0.4, 0.5) is 5.69 Å². The van der Waals surface area contributed by atoms with Gasteiger partial charge in [-0.3, -0.25) is 4.79 Å². The van der Waals surface area contributed by atoms with Crippen LogP contribution in [-0.4, -0.2) is 25.7 Å². The topological polar surface area (TPSA) is 72.5 Å². The van der Waals surface area contributed by atoms with Gasteiger partial charge in [0.1, 0.15) is 5.75 Å². The van der Waals surface area contributed by atoms with E-state index >= 15 is 0 Å². The fourth-order valence-corrected chi connectivity index (χ4v) is 5.76. The van der Waals surface area contributed by atoms with Crippen molar-refractivity contribution in [3.05, 3.63) is 65.7 Å². The van der Waals surface area contributed by atoms with E-state index in [0.29, 0.717) is 11.3 Å². The van der Waals surface area contributed by atoms with Crippen LogP contribution in [0.1, 0.15) is 57.1 Å². The highest BCUT2D eigenvalue weighted by molar-refractivity contribution is 7.91. The van der Waals surface area contributed by atoms with Crippen molar-refractivity contribution in [2.75, 3.05) is 5.32 Å². The van der Waals surface area contributed by atoms with Gasteiger partial charge in [-0.2, -0.15) is 0 Å². The van der Waals surface area contributed by atoms with Gasteiger partial charge in [0.2, 0.25) is 5.91 Å². The van der Waals surface area contributed by atoms with Crippen molar-refractivity contribution in [3.8, 4) is 5.75 Å². The van der Waals surface area contributed by atoms with E-state index in [9.17, 15) is 13.2 Å². The number of rotatable bonds is 8. The summed E-state index contributed by atoms with van der Waals surface area (Å²) in [4.78, 5) is 12.3. The number of hydrogen-bond acceptors (Lipinski definition) is 4. The molecule has 166 valence electrons. The first-order valence-electron chi connectivity index (χ1n) is 10.9. The minimum Gasteiger partial charge on any atom is -0.491 e. The van der Waals surface area contributed by atoms with Crippen molar-refractivity contribution >= 4 is 27.5 Å². The molecule has 2 aromatic carbocycles. The van der Waals surface area contributed by atoms with Crippen molar-refractivity contribution in [3.63, 3.8) is 0 Å². The van der Waals surface area contributed by atoms with Gasteiger partial charge in [0.25, 0.3) is 0 Å². The number of amides is 1. The molecule has 6 heteroatoms. The van der Waals surface area contributed by atoms with Crippen molar-refractivity contribution in [2.45, 2.75) is 63.1 Å². The lowest BCUT2D eigenvalue weighted by atomic mass is 10.0. The van der Waals surface area contributed by atoms with E-state index in [-0.39, 0.29) is 23.0 Å². The first-order chi connectivity index (χ1) is 14.8. The standard InChI is InChI=1S/C25H31NO4S/c1-19(2)30-23-11-7-8-20(17-23)14-15-25(27)26-22-10-6-9-21(16-22)18-31(28,29)24-12-4-3-5-13-24/h6-11,14-17,19,24H,3-5,12-13,18H2,1-2H3,(H,26,27). The van der Waals surface area contributed by atoms with Crippen LogP contribution in [0.2, 0.25) is 0 Å². The molecule has 5 nitrogen and oxygen atoms in total. The van der Waals surface area contributed by atoms with Crippen LogP contribution >= 0.6 is 0 Å². The zero-order chi connectivity index (χ0) is 22.3. The first kappa shape index (κ1) is 23.1. The number of hydrogen-bond donors (Lipinski definition) is 1. The highest BCUT2D eigenvalue weighted by Crippen LogP contribution is 2.26. The van der Waals surface area contributed by atoms with E-state index in [4.69, 9.17) is 4.74 Å². The third-order valence-electron chi connectivity index (χ3n) is 5.28. The number of sulfone groups is 1. The quantitative estimate of drug-likeness (QED) is 0.559. The maximum absolute atomic E-state index is 12.7. The molecule has 0 aliphatic heterocycles. The molecular formula is C25H31NO4S. The molecule has 1 N–H and O–H groups in total. The van der Waals surface area contributed by atoms with Gasteiger partial charge in [-0.1, -0.05) is 43.5 Å². The lowest BCUT2D eigenvalue weighted by Gasteiger charge is -2.21. The normalized spacial score (nSPS) is 15.3. The first-order valence-corrected chi connectivity index (χ1v) is 12.6. The molecule has 1 fully saturated rings. The van der Waals surface area contributed by atoms with E-state index in [1.165, 1.54) is 6.08 Å². The summed E-state index contributed by atoms with van der Waals surface area (Å²) in [7, 11) is -3.18. The Morgan fingerprint density at radius 3 is 2.58 bits per heavy atom. The summed E-state index contributed by atoms with van der Waals surface area (Å²) in [6.07, 6.45) is 7.87. The molecular weight excluding hydrogens is 410 g/mol. The van der Waals surface area contributed by atoms with Gasteiger partial charge in [-0.05, 0) is 68.2 Å². The summed E-state index contributed by atoms with van der Waals surface area (Å²) in [5, 5.41) is 2.57. The minimum atomic E-state index is -3.18. The van der Waals surface area contributed by atoms with E-state index in [0.717, 1.165) is 43.4 Å². The van der Waals surface area contributed by atoms with Gasteiger partial charge < -0.3 is 10.1 Å². The second-order valence-corrected chi connectivity index (χ2v) is 10.6. The molecule has 0 saturated heterocycles. The SMILES string of the molecule is CC(C)Oc1cccc(C=CC(=O)Nc2cccc(CS(=O)(=O)C3CCCCC3)c2)c1. The predicted octanol–water partition coefficient (Wildman–Crippen LogP) is 5.37. The Morgan fingerprint density at radius 2 is 1.84 bits per heavy atom. The van der Waals surface area contributed by atoms with E-state index in [1.54, 1.807) is 30.3 Å². The largest absolute Gasteiger partial charge is 0.491 e. The van der Waals surface area contributed by atoms with Crippen molar-refractivity contribution in [2.24, 2.45) is 0 Å². The fraction of sp³-hybridized carbons (Fsp3) is 0.400. The van der Waals surface area contributed by atoms with Gasteiger partial charge in [-0.25, -0.2) is 8.42 Å². The Hall–Kier alpha value is -2.60. The minimum absolute atomic E-state index is 0.0137. The molecule has 0 atom stereocenters. The summed E-state index contributed by atoms with van der Waals surface area (Å²) in [6, 6.07) is 14.6. The number of benzene rings is 2. The molecule has 0 heterocycles. The Labute approximate surface area is 185 Å². The Bertz CT molecular complexity index is 1020. The summed E-state index contributed by atoms with van der Waals surface area (Å²) >= 11 is 0. The molecule has 3 rings (SSSR count). The molecule has 0 aromatic heterocycles. The highest BCUT2D eigenvalue weighted by Gasteiger charge is 2.27. The molecule has 0 bridgehead atoms. The van der Waals surface area contributed by atoms with Crippen LogP contribution in [-0.2, 0) is 20.4 Å². The molecule has 1 aliphatic carbocycles. The maximum Gasteiger partial charge on any atom is 0.248 e. The van der Waals surface area contributed by atoms with Gasteiger partial charge in [0.15, 0.2) is 9.84 Å². The molecule has 0 unspecified atom stereocenters. The summed E-state index contributed by atoms with van der Waals surface area (Å²) in [6.45, 7) is 3.93. The molecule has 1 aliphatic rings. The zero-order valence-corrected chi connectivity index (χ0v) is 19.0. The van der Waals surface area contributed by atoms with Crippen molar-refractivity contribution in [1.82, 2.24) is 0 Å². The van der Waals surface area contributed by atoms with Crippen LogP contribution in [0.25, 0.3) is 6.08 Å². The summed E-state index contributed by atoms with van der Waals surface area (Å²) in [5.41, 5.74) is 2.15. The monoisotopic (exact) mass is 441 g/mol. The number of nitrogens with one attached hydrogen (secondary N) is 1. The third kappa shape index (κ3) is 7.24.